The molecule has 0 saturated carbocycles. The van der Waals surface area contributed by atoms with Gasteiger partial charge >= 0.3 is 0 Å². The molecule has 1 aromatic carbocycles. The number of rotatable bonds is 3. The van der Waals surface area contributed by atoms with Crippen LogP contribution in [0.2, 0.25) is 0 Å². The molecule has 0 saturated heterocycles. The van der Waals surface area contributed by atoms with Crippen LogP contribution in [0.25, 0.3) is 0 Å². The second-order valence-corrected chi connectivity index (χ2v) is 4.77. The van der Waals surface area contributed by atoms with E-state index in [1.165, 1.54) is 11.3 Å². The quantitative estimate of drug-likeness (QED) is 0.831. The van der Waals surface area contributed by atoms with E-state index in [-0.39, 0.29) is 0 Å². The van der Waals surface area contributed by atoms with Gasteiger partial charge in [-0.15, -0.1) is 0 Å². The maximum absolute atomic E-state index is 5.28. The third-order valence-corrected chi connectivity index (χ3v) is 3.48. The Bertz CT molecular complexity index is 549. The number of anilines is 1. The number of hydrogen-bond donors (Lipinski definition) is 0. The zero-order valence-electron chi connectivity index (χ0n) is 10.8. The lowest BCUT2D eigenvalue weighted by Crippen LogP contribution is -2.28. The predicted molar refractivity (Wildman–Crippen MR) is 69.5 cm³/mol. The van der Waals surface area contributed by atoms with Gasteiger partial charge in [0, 0.05) is 18.2 Å². The highest BCUT2D eigenvalue weighted by Crippen LogP contribution is 2.32. The minimum atomic E-state index is 0.486. The fraction of sp³-hybridized carbons (Fsp3) is 0.429. The molecule has 0 N–H and O–H groups in total. The summed E-state index contributed by atoms with van der Waals surface area (Å²) < 4.78 is 5.28. The van der Waals surface area contributed by atoms with Crippen LogP contribution in [-0.2, 0) is 19.4 Å². The third-order valence-electron chi connectivity index (χ3n) is 3.48. The summed E-state index contributed by atoms with van der Waals surface area (Å²) in [6.07, 6.45) is 1.90. The van der Waals surface area contributed by atoms with Gasteiger partial charge in [0.2, 0.25) is 5.89 Å². The number of nitrogens with zero attached hydrogens (tertiary/aromatic N) is 3. The van der Waals surface area contributed by atoms with Crippen molar-refractivity contribution in [1.82, 2.24) is 10.1 Å². The van der Waals surface area contributed by atoms with Gasteiger partial charge in [-0.25, -0.2) is 0 Å². The highest BCUT2D eigenvalue weighted by molar-refractivity contribution is 5.59. The summed E-state index contributed by atoms with van der Waals surface area (Å²) in [4.78, 5) is 6.72. The summed E-state index contributed by atoms with van der Waals surface area (Å²) in [6.45, 7) is 4.96. The molecule has 94 valence electrons. The minimum Gasteiger partial charge on any atom is -0.359 e. The van der Waals surface area contributed by atoms with Gasteiger partial charge in [0.05, 0.1) is 6.54 Å². The third kappa shape index (κ3) is 1.88. The van der Waals surface area contributed by atoms with Gasteiger partial charge in [0.15, 0.2) is 5.82 Å². The Balaban J connectivity index is 1.84. The Morgan fingerprint density at radius 2 is 2.22 bits per heavy atom. The molecule has 2 aromatic rings. The van der Waals surface area contributed by atoms with Crippen molar-refractivity contribution < 1.29 is 4.52 Å². The molecule has 4 nitrogen and oxygen atoms in total. The lowest BCUT2D eigenvalue weighted by Gasteiger charge is -2.22. The zero-order chi connectivity index (χ0) is 12.5. The van der Waals surface area contributed by atoms with E-state index in [9.17, 15) is 0 Å². The van der Waals surface area contributed by atoms with E-state index in [0.717, 1.165) is 18.7 Å². The fourth-order valence-corrected chi connectivity index (χ4v) is 2.51. The Morgan fingerprint density at radius 3 is 3.00 bits per heavy atom. The van der Waals surface area contributed by atoms with Crippen LogP contribution in [0.1, 0.15) is 31.1 Å². The first-order chi connectivity index (χ1) is 8.78. The molecule has 2 heterocycles. The first kappa shape index (κ1) is 11.3. The summed E-state index contributed by atoms with van der Waals surface area (Å²) in [6, 6.07) is 9.01. The Kier molecular flexibility index (Phi) is 2.78. The van der Waals surface area contributed by atoms with Crippen LogP contribution in [0.4, 0.5) is 5.69 Å². The van der Waals surface area contributed by atoms with Crippen LogP contribution < -0.4 is 4.90 Å². The van der Waals surface area contributed by atoms with E-state index in [1.54, 1.807) is 0 Å². The van der Waals surface area contributed by atoms with Crippen molar-refractivity contribution in [2.45, 2.75) is 39.3 Å². The normalized spacial score (nSPS) is 18.1. The average Bonchev–Trinajstić information content (AvgIpc) is 2.96. The van der Waals surface area contributed by atoms with Gasteiger partial charge in [-0.1, -0.05) is 30.3 Å². The van der Waals surface area contributed by atoms with Crippen LogP contribution in [-0.4, -0.2) is 16.2 Å². The van der Waals surface area contributed by atoms with Gasteiger partial charge in [-0.2, -0.15) is 4.98 Å². The maximum atomic E-state index is 5.28. The number of aromatic nitrogens is 2. The fourth-order valence-electron chi connectivity index (χ4n) is 2.51. The van der Waals surface area contributed by atoms with Gasteiger partial charge in [-0.05, 0) is 25.0 Å². The first-order valence-corrected chi connectivity index (χ1v) is 6.44. The van der Waals surface area contributed by atoms with E-state index < -0.39 is 0 Å². The molecule has 1 aliphatic rings. The average molecular weight is 243 g/mol. The monoisotopic (exact) mass is 243 g/mol. The van der Waals surface area contributed by atoms with E-state index in [2.05, 4.69) is 46.2 Å². The molecule has 0 aliphatic carbocycles. The van der Waals surface area contributed by atoms with Crippen LogP contribution in [0.15, 0.2) is 28.8 Å². The van der Waals surface area contributed by atoms with Crippen molar-refractivity contribution in [2.75, 3.05) is 4.90 Å². The van der Waals surface area contributed by atoms with E-state index in [0.29, 0.717) is 18.5 Å². The highest BCUT2D eigenvalue weighted by Gasteiger charge is 2.26. The lowest BCUT2D eigenvalue weighted by molar-refractivity contribution is 0.369. The number of fused-ring (bicyclic) bond motifs is 1. The molecule has 18 heavy (non-hydrogen) atoms. The summed E-state index contributed by atoms with van der Waals surface area (Å²) in [5.74, 6) is 1.49. The molecule has 0 spiro atoms. The largest absolute Gasteiger partial charge is 0.359 e. The summed E-state index contributed by atoms with van der Waals surface area (Å²) in [5, 5.41) is 3.94. The highest BCUT2D eigenvalue weighted by atomic mass is 16.5. The van der Waals surface area contributed by atoms with Crippen molar-refractivity contribution in [3.8, 4) is 0 Å². The van der Waals surface area contributed by atoms with Crippen molar-refractivity contribution in [3.63, 3.8) is 0 Å². The van der Waals surface area contributed by atoms with Gasteiger partial charge in [-0.3, -0.25) is 0 Å². The topological polar surface area (TPSA) is 42.2 Å². The SMILES string of the molecule is CCc1noc(CN2c3ccccc3C[C@@H]2C)n1. The number of para-hydroxylation sites is 1. The standard InChI is InChI=1S/C14H17N3O/c1-3-13-15-14(18-16-13)9-17-10(2)8-11-6-4-5-7-12(11)17/h4-7,10H,3,8-9H2,1-2H3/t10-/m0/s1. The molecule has 0 amide bonds. The zero-order valence-corrected chi connectivity index (χ0v) is 10.8. The minimum absolute atomic E-state index is 0.486. The number of benzene rings is 1. The van der Waals surface area contributed by atoms with Crippen molar-refractivity contribution in [3.05, 3.63) is 41.5 Å². The molecule has 1 aliphatic heterocycles. The van der Waals surface area contributed by atoms with E-state index in [4.69, 9.17) is 4.52 Å². The molecule has 0 bridgehead atoms. The Hall–Kier alpha value is -1.84. The Labute approximate surface area is 107 Å². The molecule has 0 fully saturated rings. The van der Waals surface area contributed by atoms with Crippen molar-refractivity contribution in [2.24, 2.45) is 0 Å². The van der Waals surface area contributed by atoms with E-state index >= 15 is 0 Å². The second kappa shape index (κ2) is 4.44. The van der Waals surface area contributed by atoms with Crippen molar-refractivity contribution >= 4 is 5.69 Å². The van der Waals surface area contributed by atoms with Gasteiger partial charge < -0.3 is 9.42 Å². The molecule has 0 radical (unpaired) electrons. The Morgan fingerprint density at radius 1 is 1.39 bits per heavy atom. The van der Waals surface area contributed by atoms with Crippen LogP contribution in [0.5, 0.6) is 0 Å². The van der Waals surface area contributed by atoms with Crippen molar-refractivity contribution in [1.29, 1.82) is 0 Å². The summed E-state index contributed by atoms with van der Waals surface area (Å²) in [5.41, 5.74) is 2.70. The van der Waals surface area contributed by atoms with E-state index in [1.807, 2.05) is 6.92 Å². The predicted octanol–water partition coefficient (Wildman–Crippen LogP) is 2.58. The molecule has 1 atom stereocenters. The molecule has 0 unspecified atom stereocenters. The van der Waals surface area contributed by atoms with Crippen LogP contribution in [0, 0.1) is 0 Å². The first-order valence-electron chi connectivity index (χ1n) is 6.44. The maximum Gasteiger partial charge on any atom is 0.246 e. The molecular weight excluding hydrogens is 226 g/mol. The van der Waals surface area contributed by atoms with Gasteiger partial charge in [0.25, 0.3) is 0 Å². The van der Waals surface area contributed by atoms with Crippen LogP contribution in [0.3, 0.4) is 0 Å². The summed E-state index contributed by atoms with van der Waals surface area (Å²) >= 11 is 0. The number of aryl methyl sites for hydroxylation is 1. The van der Waals surface area contributed by atoms with Gasteiger partial charge in [0.1, 0.15) is 0 Å². The molecule has 4 heteroatoms. The van der Waals surface area contributed by atoms with Crippen LogP contribution >= 0.6 is 0 Å². The second-order valence-electron chi connectivity index (χ2n) is 4.77. The molecule has 3 rings (SSSR count). The summed E-state index contributed by atoms with van der Waals surface area (Å²) in [7, 11) is 0. The lowest BCUT2D eigenvalue weighted by atomic mass is 10.1. The molecular formula is C14H17N3O. The number of hydrogen-bond acceptors (Lipinski definition) is 4. The molecule has 1 aromatic heterocycles. The smallest absolute Gasteiger partial charge is 0.246 e.